The van der Waals surface area contributed by atoms with Crippen molar-refractivity contribution in [1.29, 1.82) is 0 Å². The molecule has 6 heteroatoms. The van der Waals surface area contributed by atoms with Crippen LogP contribution in [0.1, 0.15) is 45.6 Å². The van der Waals surface area contributed by atoms with Crippen molar-refractivity contribution in [2.75, 3.05) is 33.3 Å². The number of guanidine groups is 1. The Bertz CT molecular complexity index is 557. The molecule has 0 spiro atoms. The summed E-state index contributed by atoms with van der Waals surface area (Å²) in [6.45, 7) is 11.6. The van der Waals surface area contributed by atoms with Gasteiger partial charge in [0.2, 0.25) is 0 Å². The molecule has 2 N–H and O–H groups in total. The van der Waals surface area contributed by atoms with Crippen LogP contribution >= 0.6 is 24.0 Å². The Morgan fingerprint density at radius 1 is 1.30 bits per heavy atom. The SMILES string of the molecule is CCCN1CCC(NC(=NC)NCc2cccc(OCC(C)C)c2)CC1.I. The van der Waals surface area contributed by atoms with Gasteiger partial charge >= 0.3 is 0 Å². The lowest BCUT2D eigenvalue weighted by molar-refractivity contribution is 0.206. The van der Waals surface area contributed by atoms with Gasteiger partial charge in [-0.25, -0.2) is 0 Å². The number of ether oxygens (including phenoxy) is 1. The molecule has 27 heavy (non-hydrogen) atoms. The second kappa shape index (κ2) is 13.2. The van der Waals surface area contributed by atoms with Crippen LogP contribution in [0.25, 0.3) is 0 Å². The molecule has 0 amide bonds. The lowest BCUT2D eigenvalue weighted by Crippen LogP contribution is -2.48. The fourth-order valence-corrected chi connectivity index (χ4v) is 3.20. The maximum atomic E-state index is 5.81. The number of nitrogens with one attached hydrogen (secondary N) is 2. The fourth-order valence-electron chi connectivity index (χ4n) is 3.20. The van der Waals surface area contributed by atoms with E-state index in [0.717, 1.165) is 24.9 Å². The van der Waals surface area contributed by atoms with Crippen LogP contribution in [-0.2, 0) is 6.54 Å². The normalized spacial score (nSPS) is 16.1. The van der Waals surface area contributed by atoms with E-state index in [1.54, 1.807) is 0 Å². The van der Waals surface area contributed by atoms with E-state index in [9.17, 15) is 0 Å². The summed E-state index contributed by atoms with van der Waals surface area (Å²) in [5.74, 6) is 2.35. The van der Waals surface area contributed by atoms with E-state index >= 15 is 0 Å². The molecule has 0 unspecified atom stereocenters. The molecule has 1 aliphatic rings. The number of piperidine rings is 1. The van der Waals surface area contributed by atoms with Crippen molar-refractivity contribution in [3.8, 4) is 5.75 Å². The van der Waals surface area contributed by atoms with Crippen LogP contribution < -0.4 is 15.4 Å². The lowest BCUT2D eigenvalue weighted by Gasteiger charge is -2.32. The van der Waals surface area contributed by atoms with Crippen LogP contribution in [0, 0.1) is 5.92 Å². The van der Waals surface area contributed by atoms with Gasteiger partial charge in [-0.3, -0.25) is 4.99 Å². The number of hydrogen-bond acceptors (Lipinski definition) is 3. The quantitative estimate of drug-likeness (QED) is 0.331. The first-order valence-corrected chi connectivity index (χ1v) is 10.0. The molecule has 1 saturated heterocycles. The van der Waals surface area contributed by atoms with Gasteiger partial charge in [-0.1, -0.05) is 32.9 Å². The van der Waals surface area contributed by atoms with Gasteiger partial charge in [0.15, 0.2) is 5.96 Å². The predicted octanol–water partition coefficient (Wildman–Crippen LogP) is 3.88. The highest BCUT2D eigenvalue weighted by atomic mass is 127. The van der Waals surface area contributed by atoms with Crippen molar-refractivity contribution in [3.63, 3.8) is 0 Å². The monoisotopic (exact) mass is 488 g/mol. The van der Waals surface area contributed by atoms with Crippen molar-refractivity contribution in [2.45, 2.75) is 52.6 Å². The van der Waals surface area contributed by atoms with E-state index in [1.165, 1.54) is 44.5 Å². The fraction of sp³-hybridized carbons (Fsp3) is 0.667. The molecular weight excluding hydrogens is 451 g/mol. The number of likely N-dealkylation sites (tertiary alicyclic amines) is 1. The highest BCUT2D eigenvalue weighted by Gasteiger charge is 2.19. The predicted molar refractivity (Wildman–Crippen MR) is 125 cm³/mol. The summed E-state index contributed by atoms with van der Waals surface area (Å²) in [6.07, 6.45) is 3.60. The van der Waals surface area contributed by atoms with E-state index in [4.69, 9.17) is 4.74 Å². The zero-order valence-electron chi connectivity index (χ0n) is 17.3. The molecule has 0 aromatic heterocycles. The van der Waals surface area contributed by atoms with Crippen molar-refractivity contribution >= 4 is 29.9 Å². The Morgan fingerprint density at radius 2 is 2.04 bits per heavy atom. The zero-order chi connectivity index (χ0) is 18.8. The van der Waals surface area contributed by atoms with Gasteiger partial charge in [-0.2, -0.15) is 0 Å². The average Bonchev–Trinajstić information content (AvgIpc) is 2.65. The molecule has 0 radical (unpaired) electrons. The molecule has 0 atom stereocenters. The van der Waals surface area contributed by atoms with E-state index in [0.29, 0.717) is 12.0 Å². The van der Waals surface area contributed by atoms with Crippen molar-refractivity contribution in [1.82, 2.24) is 15.5 Å². The van der Waals surface area contributed by atoms with E-state index in [-0.39, 0.29) is 24.0 Å². The second-order valence-electron chi connectivity index (χ2n) is 7.54. The van der Waals surface area contributed by atoms with Crippen LogP contribution in [0.15, 0.2) is 29.3 Å². The van der Waals surface area contributed by atoms with Gasteiger partial charge in [0.25, 0.3) is 0 Å². The largest absolute Gasteiger partial charge is 0.493 e. The molecule has 2 rings (SSSR count). The Kier molecular flexibility index (Phi) is 11.7. The molecule has 1 fully saturated rings. The van der Waals surface area contributed by atoms with Gasteiger partial charge in [0, 0.05) is 32.7 Å². The van der Waals surface area contributed by atoms with Crippen molar-refractivity contribution < 1.29 is 4.74 Å². The van der Waals surface area contributed by atoms with E-state index in [2.05, 4.69) is 53.4 Å². The van der Waals surface area contributed by atoms with Crippen LogP contribution in [0.4, 0.5) is 0 Å². The van der Waals surface area contributed by atoms with Gasteiger partial charge in [-0.15, -0.1) is 24.0 Å². The Hall–Kier alpha value is -1.02. The highest BCUT2D eigenvalue weighted by Crippen LogP contribution is 2.14. The standard InChI is InChI=1S/C21H36N4O.HI/c1-5-11-25-12-9-19(10-13-25)24-21(22-4)23-15-18-7-6-8-20(14-18)26-16-17(2)3;/h6-8,14,17,19H,5,9-13,15-16H2,1-4H3,(H2,22,23,24);1H. The minimum Gasteiger partial charge on any atom is -0.493 e. The number of benzene rings is 1. The molecule has 1 heterocycles. The zero-order valence-corrected chi connectivity index (χ0v) is 19.7. The molecule has 0 aliphatic carbocycles. The van der Waals surface area contributed by atoms with Crippen LogP contribution in [0.2, 0.25) is 0 Å². The summed E-state index contributed by atoms with van der Waals surface area (Å²) in [4.78, 5) is 6.94. The third kappa shape index (κ3) is 9.14. The minimum atomic E-state index is 0. The van der Waals surface area contributed by atoms with Crippen molar-refractivity contribution in [2.24, 2.45) is 10.9 Å². The topological polar surface area (TPSA) is 48.9 Å². The molecule has 154 valence electrons. The van der Waals surface area contributed by atoms with Gasteiger partial charge < -0.3 is 20.3 Å². The summed E-state index contributed by atoms with van der Waals surface area (Å²) in [5, 5.41) is 7.01. The van der Waals surface area contributed by atoms with Crippen LogP contribution in [-0.4, -0.2) is 50.2 Å². The summed E-state index contributed by atoms with van der Waals surface area (Å²) in [7, 11) is 1.84. The number of halogens is 1. The Morgan fingerprint density at radius 3 is 2.67 bits per heavy atom. The summed E-state index contributed by atoms with van der Waals surface area (Å²) >= 11 is 0. The number of nitrogens with zero attached hydrogens (tertiary/aromatic N) is 2. The molecule has 1 aromatic rings. The number of rotatable bonds is 8. The minimum absolute atomic E-state index is 0. The lowest BCUT2D eigenvalue weighted by atomic mass is 10.1. The van der Waals surface area contributed by atoms with Crippen molar-refractivity contribution in [3.05, 3.63) is 29.8 Å². The van der Waals surface area contributed by atoms with Crippen LogP contribution in [0.5, 0.6) is 5.75 Å². The second-order valence-corrected chi connectivity index (χ2v) is 7.54. The molecule has 0 bridgehead atoms. The first-order chi connectivity index (χ1) is 12.6. The molecule has 1 aromatic carbocycles. The summed E-state index contributed by atoms with van der Waals surface area (Å²) in [6, 6.07) is 8.79. The third-order valence-electron chi connectivity index (χ3n) is 4.63. The number of hydrogen-bond donors (Lipinski definition) is 2. The average molecular weight is 488 g/mol. The van der Waals surface area contributed by atoms with Gasteiger partial charge in [0.05, 0.1) is 6.61 Å². The smallest absolute Gasteiger partial charge is 0.191 e. The first kappa shape index (κ1) is 24.0. The van der Waals surface area contributed by atoms with Gasteiger partial charge in [-0.05, 0) is 49.4 Å². The van der Waals surface area contributed by atoms with Gasteiger partial charge in [0.1, 0.15) is 5.75 Å². The first-order valence-electron chi connectivity index (χ1n) is 10.0. The molecular formula is C21H37IN4O. The molecule has 5 nitrogen and oxygen atoms in total. The number of aliphatic imine (C=N–C) groups is 1. The highest BCUT2D eigenvalue weighted by molar-refractivity contribution is 14.0. The molecule has 1 aliphatic heterocycles. The van der Waals surface area contributed by atoms with E-state index < -0.39 is 0 Å². The third-order valence-corrected chi connectivity index (χ3v) is 4.63. The molecule has 0 saturated carbocycles. The Balaban J connectivity index is 0.00000364. The summed E-state index contributed by atoms with van der Waals surface area (Å²) in [5.41, 5.74) is 1.20. The maximum absolute atomic E-state index is 5.81. The van der Waals surface area contributed by atoms with E-state index in [1.807, 2.05) is 19.2 Å². The maximum Gasteiger partial charge on any atom is 0.191 e. The summed E-state index contributed by atoms with van der Waals surface area (Å²) < 4.78 is 5.81. The van der Waals surface area contributed by atoms with Crippen LogP contribution in [0.3, 0.4) is 0 Å². The Labute approximate surface area is 182 Å².